The van der Waals surface area contributed by atoms with Crippen LogP contribution in [0.15, 0.2) is 24.4 Å². The number of hydrogen-bond acceptors (Lipinski definition) is 5. The third-order valence-corrected chi connectivity index (χ3v) is 3.40. The van der Waals surface area contributed by atoms with E-state index >= 15 is 0 Å². The summed E-state index contributed by atoms with van der Waals surface area (Å²) in [6.07, 6.45) is 1.54. The molecule has 0 spiro atoms. The van der Waals surface area contributed by atoms with Gasteiger partial charge in [0.1, 0.15) is 16.7 Å². The Kier molecular flexibility index (Phi) is 3.81. The van der Waals surface area contributed by atoms with Gasteiger partial charge in [0.05, 0.1) is 23.8 Å². The number of aromatic amines is 1. The first kappa shape index (κ1) is 13.9. The second-order valence-electron chi connectivity index (χ2n) is 4.34. The maximum absolute atomic E-state index is 5.95. The molecule has 0 radical (unpaired) electrons. The van der Waals surface area contributed by atoms with Crippen LogP contribution in [0.2, 0.25) is 10.0 Å². The highest BCUT2D eigenvalue weighted by molar-refractivity contribution is 6.32. The number of imidazole rings is 1. The number of halogens is 2. The van der Waals surface area contributed by atoms with E-state index in [9.17, 15) is 0 Å². The molecule has 0 aliphatic carbocycles. The number of nitrogens with one attached hydrogen (secondary N) is 3. The van der Waals surface area contributed by atoms with Crippen LogP contribution in [0.1, 0.15) is 5.82 Å². The first-order valence-corrected chi connectivity index (χ1v) is 6.99. The first-order chi connectivity index (χ1) is 10.2. The van der Waals surface area contributed by atoms with Gasteiger partial charge in [0.2, 0.25) is 5.95 Å². The average molecular weight is 323 g/mol. The highest BCUT2D eigenvalue weighted by atomic mass is 35.5. The van der Waals surface area contributed by atoms with E-state index in [-0.39, 0.29) is 0 Å². The molecule has 0 aliphatic rings. The lowest BCUT2D eigenvalue weighted by atomic mass is 10.3. The van der Waals surface area contributed by atoms with Crippen molar-refractivity contribution in [1.82, 2.24) is 19.9 Å². The minimum atomic E-state index is 0.469. The van der Waals surface area contributed by atoms with Crippen molar-refractivity contribution in [2.45, 2.75) is 6.54 Å². The highest BCUT2D eigenvalue weighted by Crippen LogP contribution is 2.19. The number of H-pyrrole nitrogens is 1. The van der Waals surface area contributed by atoms with Crippen LogP contribution in [0.3, 0.4) is 0 Å². The van der Waals surface area contributed by atoms with Crippen LogP contribution >= 0.6 is 23.2 Å². The minimum absolute atomic E-state index is 0.469. The van der Waals surface area contributed by atoms with E-state index in [2.05, 4.69) is 30.6 Å². The molecule has 0 fully saturated rings. The van der Waals surface area contributed by atoms with Gasteiger partial charge in [-0.15, -0.1) is 0 Å². The van der Waals surface area contributed by atoms with Gasteiger partial charge in [0, 0.05) is 12.1 Å². The second-order valence-corrected chi connectivity index (χ2v) is 5.18. The van der Waals surface area contributed by atoms with Crippen LogP contribution in [-0.4, -0.2) is 27.0 Å². The zero-order chi connectivity index (χ0) is 14.8. The molecule has 2 heterocycles. The van der Waals surface area contributed by atoms with Crippen LogP contribution < -0.4 is 10.6 Å². The summed E-state index contributed by atoms with van der Waals surface area (Å²) < 4.78 is 0. The maximum Gasteiger partial charge on any atom is 0.225 e. The summed E-state index contributed by atoms with van der Waals surface area (Å²) in [5.74, 6) is 1.82. The number of hydrogen-bond donors (Lipinski definition) is 3. The fourth-order valence-corrected chi connectivity index (χ4v) is 2.27. The Hall–Kier alpha value is -2.05. The summed E-state index contributed by atoms with van der Waals surface area (Å²) in [5.41, 5.74) is 1.76. The van der Waals surface area contributed by atoms with Gasteiger partial charge in [-0.1, -0.05) is 23.2 Å². The Morgan fingerprint density at radius 1 is 1.24 bits per heavy atom. The summed E-state index contributed by atoms with van der Waals surface area (Å²) in [4.78, 5) is 16.0. The summed E-state index contributed by atoms with van der Waals surface area (Å²) in [6.45, 7) is 0.469. The monoisotopic (exact) mass is 322 g/mol. The Morgan fingerprint density at radius 3 is 2.90 bits per heavy atom. The number of anilines is 2. The lowest BCUT2D eigenvalue weighted by Crippen LogP contribution is -2.06. The maximum atomic E-state index is 5.95. The van der Waals surface area contributed by atoms with E-state index < -0.39 is 0 Å². The molecule has 8 heteroatoms. The predicted molar refractivity (Wildman–Crippen MR) is 85.0 cm³/mol. The molecule has 3 N–H and O–H groups in total. The lowest BCUT2D eigenvalue weighted by molar-refractivity contribution is 0.976. The molecule has 0 unspecified atom stereocenters. The Morgan fingerprint density at radius 2 is 2.10 bits per heavy atom. The zero-order valence-electron chi connectivity index (χ0n) is 11.1. The smallest absolute Gasteiger partial charge is 0.225 e. The van der Waals surface area contributed by atoms with Crippen LogP contribution in [0.4, 0.5) is 11.8 Å². The molecule has 0 atom stereocenters. The van der Waals surface area contributed by atoms with E-state index in [1.807, 2.05) is 18.2 Å². The SMILES string of the molecule is CNc1nc(NCc2nc3ccc(Cl)cc3[nH]2)ncc1Cl. The van der Waals surface area contributed by atoms with Crippen molar-refractivity contribution in [3.05, 3.63) is 40.3 Å². The van der Waals surface area contributed by atoms with Gasteiger partial charge >= 0.3 is 0 Å². The van der Waals surface area contributed by atoms with Crippen LogP contribution in [0.25, 0.3) is 11.0 Å². The van der Waals surface area contributed by atoms with Crippen molar-refractivity contribution in [2.75, 3.05) is 17.7 Å². The highest BCUT2D eigenvalue weighted by Gasteiger charge is 2.06. The molecular formula is C13H12Cl2N6. The standard InChI is InChI=1S/C13H12Cl2N6/c1-16-12-8(15)5-17-13(21-12)18-6-11-19-9-3-2-7(14)4-10(9)20-11/h2-5H,6H2,1H3,(H,19,20)(H2,16,17,18,21). The topological polar surface area (TPSA) is 78.5 Å². The second kappa shape index (κ2) is 5.75. The quantitative estimate of drug-likeness (QED) is 0.686. The molecule has 0 saturated heterocycles. The molecule has 3 aromatic rings. The predicted octanol–water partition coefficient (Wildman–Crippen LogP) is 3.31. The normalized spacial score (nSPS) is 10.8. The third kappa shape index (κ3) is 3.01. The van der Waals surface area contributed by atoms with Crippen LogP contribution in [0, 0.1) is 0 Å². The summed E-state index contributed by atoms with van der Waals surface area (Å²) in [7, 11) is 1.75. The molecule has 0 saturated carbocycles. The van der Waals surface area contributed by atoms with Gasteiger partial charge < -0.3 is 15.6 Å². The van der Waals surface area contributed by atoms with Crippen molar-refractivity contribution >= 4 is 46.0 Å². The van der Waals surface area contributed by atoms with Gasteiger partial charge in [0.25, 0.3) is 0 Å². The summed E-state index contributed by atoms with van der Waals surface area (Å²) in [5, 5.41) is 7.14. The summed E-state index contributed by atoms with van der Waals surface area (Å²) >= 11 is 11.9. The molecule has 0 amide bonds. The van der Waals surface area contributed by atoms with E-state index in [1.165, 1.54) is 0 Å². The van der Waals surface area contributed by atoms with Crippen molar-refractivity contribution in [3.8, 4) is 0 Å². The van der Waals surface area contributed by atoms with E-state index in [0.717, 1.165) is 16.9 Å². The third-order valence-electron chi connectivity index (χ3n) is 2.89. The molecule has 2 aromatic heterocycles. The molecule has 6 nitrogen and oxygen atoms in total. The number of fused-ring (bicyclic) bond motifs is 1. The molecule has 108 valence electrons. The number of aromatic nitrogens is 4. The van der Waals surface area contributed by atoms with Crippen LogP contribution in [-0.2, 0) is 6.54 Å². The molecule has 0 aliphatic heterocycles. The Balaban J connectivity index is 1.76. The minimum Gasteiger partial charge on any atom is -0.372 e. The van der Waals surface area contributed by atoms with Gasteiger partial charge in [-0.2, -0.15) is 4.98 Å². The summed E-state index contributed by atoms with van der Waals surface area (Å²) in [6, 6.07) is 5.52. The number of nitrogens with zero attached hydrogens (tertiary/aromatic N) is 3. The lowest BCUT2D eigenvalue weighted by Gasteiger charge is -2.06. The van der Waals surface area contributed by atoms with E-state index in [1.54, 1.807) is 13.2 Å². The molecule has 21 heavy (non-hydrogen) atoms. The van der Waals surface area contributed by atoms with Crippen molar-refractivity contribution < 1.29 is 0 Å². The molecular weight excluding hydrogens is 311 g/mol. The van der Waals surface area contributed by atoms with Crippen molar-refractivity contribution in [2.24, 2.45) is 0 Å². The fraction of sp³-hybridized carbons (Fsp3) is 0.154. The van der Waals surface area contributed by atoms with E-state index in [4.69, 9.17) is 23.2 Å². The molecule has 1 aromatic carbocycles. The Bertz CT molecular complexity index is 785. The van der Waals surface area contributed by atoms with Gasteiger partial charge in [-0.05, 0) is 18.2 Å². The van der Waals surface area contributed by atoms with Gasteiger partial charge in [-0.25, -0.2) is 9.97 Å². The van der Waals surface area contributed by atoms with Crippen molar-refractivity contribution in [3.63, 3.8) is 0 Å². The molecule has 0 bridgehead atoms. The zero-order valence-corrected chi connectivity index (χ0v) is 12.6. The van der Waals surface area contributed by atoms with Gasteiger partial charge in [0.15, 0.2) is 0 Å². The van der Waals surface area contributed by atoms with Crippen molar-refractivity contribution in [1.29, 1.82) is 0 Å². The number of benzene rings is 1. The first-order valence-electron chi connectivity index (χ1n) is 6.24. The van der Waals surface area contributed by atoms with Crippen LogP contribution in [0.5, 0.6) is 0 Å². The largest absolute Gasteiger partial charge is 0.372 e. The van der Waals surface area contributed by atoms with Gasteiger partial charge in [-0.3, -0.25) is 0 Å². The van der Waals surface area contributed by atoms with E-state index in [0.29, 0.717) is 28.4 Å². The molecule has 3 rings (SSSR count). The fourth-order valence-electron chi connectivity index (χ4n) is 1.91. The Labute approximate surface area is 130 Å². The number of rotatable bonds is 4. The average Bonchev–Trinajstić information content (AvgIpc) is 2.88.